The minimum Gasteiger partial charge on any atom is -0.332 e. The molecule has 1 aromatic rings. The number of aryl methyl sites for hydroxylation is 1. The molecule has 0 radical (unpaired) electrons. The third-order valence-electron chi connectivity index (χ3n) is 4.17. The summed E-state index contributed by atoms with van der Waals surface area (Å²) in [6.45, 7) is 8.75. The summed E-state index contributed by atoms with van der Waals surface area (Å²) in [6, 6.07) is 6.87. The van der Waals surface area contributed by atoms with E-state index in [4.69, 9.17) is 0 Å². The molecule has 1 amide bonds. The maximum absolute atomic E-state index is 12.1. The molecule has 1 N–H and O–H groups in total. The van der Waals surface area contributed by atoms with Crippen LogP contribution >= 0.6 is 0 Å². The summed E-state index contributed by atoms with van der Waals surface area (Å²) in [5.41, 5.74) is 4.04. The lowest BCUT2D eigenvalue weighted by Gasteiger charge is -2.47. The fraction of sp³-hybridized carbons (Fsp3) is 0.533. The van der Waals surface area contributed by atoms with E-state index in [1.165, 1.54) is 16.7 Å². The molecule has 3 rings (SSSR count). The molecule has 96 valence electrons. The van der Waals surface area contributed by atoms with Crippen molar-refractivity contribution in [1.29, 1.82) is 0 Å². The van der Waals surface area contributed by atoms with Gasteiger partial charge >= 0.3 is 0 Å². The first-order chi connectivity index (χ1) is 8.49. The molecule has 0 aromatic heterocycles. The molecular weight excluding hydrogens is 224 g/mol. The van der Waals surface area contributed by atoms with Gasteiger partial charge in [-0.3, -0.25) is 4.79 Å². The quantitative estimate of drug-likeness (QED) is 0.754. The predicted octanol–water partition coefficient (Wildman–Crippen LogP) is 1.76. The molecule has 1 unspecified atom stereocenters. The highest BCUT2D eigenvalue weighted by Gasteiger charge is 2.41. The van der Waals surface area contributed by atoms with Crippen LogP contribution in [0.1, 0.15) is 36.6 Å². The maximum atomic E-state index is 12.1. The van der Waals surface area contributed by atoms with E-state index in [0.29, 0.717) is 6.54 Å². The molecule has 2 aliphatic heterocycles. The second-order valence-electron chi connectivity index (χ2n) is 6.14. The van der Waals surface area contributed by atoms with Gasteiger partial charge < -0.3 is 10.2 Å². The number of carbonyl (C=O) groups is 1. The van der Waals surface area contributed by atoms with Gasteiger partial charge in [0, 0.05) is 18.5 Å². The van der Waals surface area contributed by atoms with Gasteiger partial charge in [0.2, 0.25) is 5.91 Å². The van der Waals surface area contributed by atoms with Crippen LogP contribution in [-0.2, 0) is 10.2 Å². The SMILES string of the molecule is Cc1ccc2c(c1)C1CNCC(=O)N1CC2(C)C. The Balaban J connectivity index is 2.15. The van der Waals surface area contributed by atoms with Crippen molar-refractivity contribution in [1.82, 2.24) is 10.2 Å². The van der Waals surface area contributed by atoms with Gasteiger partial charge in [-0.2, -0.15) is 0 Å². The van der Waals surface area contributed by atoms with Crippen molar-refractivity contribution in [3.05, 3.63) is 34.9 Å². The van der Waals surface area contributed by atoms with Gasteiger partial charge in [-0.1, -0.05) is 37.6 Å². The Bertz CT molecular complexity index is 507. The fourth-order valence-electron chi connectivity index (χ4n) is 3.26. The molecule has 0 spiro atoms. The lowest BCUT2D eigenvalue weighted by atomic mass is 9.74. The third-order valence-corrected chi connectivity index (χ3v) is 4.17. The van der Waals surface area contributed by atoms with E-state index in [9.17, 15) is 4.79 Å². The first-order valence-corrected chi connectivity index (χ1v) is 6.60. The molecular formula is C15H20N2O. The number of piperazine rings is 1. The summed E-state index contributed by atoms with van der Waals surface area (Å²) < 4.78 is 0. The van der Waals surface area contributed by atoms with Crippen molar-refractivity contribution in [2.75, 3.05) is 19.6 Å². The number of benzene rings is 1. The Morgan fingerprint density at radius 3 is 2.94 bits per heavy atom. The van der Waals surface area contributed by atoms with Gasteiger partial charge in [-0.25, -0.2) is 0 Å². The Morgan fingerprint density at radius 2 is 2.17 bits per heavy atom. The summed E-state index contributed by atoms with van der Waals surface area (Å²) in [6.07, 6.45) is 0. The summed E-state index contributed by atoms with van der Waals surface area (Å²) in [4.78, 5) is 14.1. The molecule has 0 aliphatic carbocycles. The highest BCUT2D eigenvalue weighted by Crippen LogP contribution is 2.40. The van der Waals surface area contributed by atoms with E-state index < -0.39 is 0 Å². The van der Waals surface area contributed by atoms with Crippen molar-refractivity contribution in [2.45, 2.75) is 32.2 Å². The van der Waals surface area contributed by atoms with E-state index in [2.05, 4.69) is 49.2 Å². The van der Waals surface area contributed by atoms with Crippen molar-refractivity contribution in [3.8, 4) is 0 Å². The fourth-order valence-corrected chi connectivity index (χ4v) is 3.26. The number of nitrogens with one attached hydrogen (secondary N) is 1. The van der Waals surface area contributed by atoms with Crippen LogP contribution in [0.2, 0.25) is 0 Å². The van der Waals surface area contributed by atoms with Crippen LogP contribution in [-0.4, -0.2) is 30.4 Å². The topological polar surface area (TPSA) is 32.3 Å². The van der Waals surface area contributed by atoms with Crippen LogP contribution in [0.25, 0.3) is 0 Å². The van der Waals surface area contributed by atoms with Gasteiger partial charge in [0.1, 0.15) is 0 Å². The largest absolute Gasteiger partial charge is 0.332 e. The summed E-state index contributed by atoms with van der Waals surface area (Å²) in [7, 11) is 0. The molecule has 1 atom stereocenters. The van der Waals surface area contributed by atoms with Crippen molar-refractivity contribution >= 4 is 5.91 Å². The smallest absolute Gasteiger partial charge is 0.237 e. The molecule has 1 fully saturated rings. The number of fused-ring (bicyclic) bond motifs is 3. The first-order valence-electron chi connectivity index (χ1n) is 6.60. The molecule has 1 saturated heterocycles. The molecule has 0 saturated carbocycles. The lowest BCUT2D eigenvalue weighted by molar-refractivity contribution is -0.136. The first kappa shape index (κ1) is 11.7. The second-order valence-corrected chi connectivity index (χ2v) is 6.14. The maximum Gasteiger partial charge on any atom is 0.237 e. The minimum absolute atomic E-state index is 0.0481. The number of carbonyl (C=O) groups excluding carboxylic acids is 1. The highest BCUT2D eigenvalue weighted by molar-refractivity contribution is 5.80. The van der Waals surface area contributed by atoms with E-state index in [0.717, 1.165) is 13.1 Å². The molecule has 18 heavy (non-hydrogen) atoms. The Morgan fingerprint density at radius 1 is 1.39 bits per heavy atom. The Hall–Kier alpha value is -1.35. The summed E-state index contributed by atoms with van der Waals surface area (Å²) in [5, 5.41) is 3.23. The number of hydrogen-bond acceptors (Lipinski definition) is 2. The van der Waals surface area contributed by atoms with E-state index in [1.54, 1.807) is 0 Å². The van der Waals surface area contributed by atoms with E-state index in [1.807, 2.05) is 0 Å². The van der Waals surface area contributed by atoms with Gasteiger partial charge in [0.25, 0.3) is 0 Å². The zero-order valence-electron chi connectivity index (χ0n) is 11.3. The van der Waals surface area contributed by atoms with Crippen LogP contribution in [0.3, 0.4) is 0 Å². The van der Waals surface area contributed by atoms with Crippen molar-refractivity contribution in [3.63, 3.8) is 0 Å². The van der Waals surface area contributed by atoms with Gasteiger partial charge in [-0.15, -0.1) is 0 Å². The van der Waals surface area contributed by atoms with Crippen LogP contribution in [0, 0.1) is 6.92 Å². The van der Waals surface area contributed by atoms with Crippen LogP contribution in [0.15, 0.2) is 18.2 Å². The molecule has 3 nitrogen and oxygen atoms in total. The number of nitrogens with zero attached hydrogens (tertiary/aromatic N) is 1. The summed E-state index contributed by atoms with van der Waals surface area (Å²) >= 11 is 0. The molecule has 0 bridgehead atoms. The van der Waals surface area contributed by atoms with E-state index >= 15 is 0 Å². The highest BCUT2D eigenvalue weighted by atomic mass is 16.2. The zero-order valence-corrected chi connectivity index (χ0v) is 11.3. The van der Waals surface area contributed by atoms with Gasteiger partial charge in [0.05, 0.1) is 12.6 Å². The third kappa shape index (κ3) is 1.65. The average Bonchev–Trinajstić information content (AvgIpc) is 2.30. The molecule has 3 heteroatoms. The standard InChI is InChI=1S/C15H20N2O/c1-10-4-5-12-11(6-10)13-7-16-8-14(18)17(13)9-15(12,2)3/h4-6,13,16H,7-9H2,1-3H3. The van der Waals surface area contributed by atoms with Crippen LogP contribution in [0.5, 0.6) is 0 Å². The molecule has 2 heterocycles. The molecule has 1 aromatic carbocycles. The van der Waals surface area contributed by atoms with Gasteiger partial charge in [-0.05, 0) is 18.1 Å². The number of rotatable bonds is 0. The summed E-state index contributed by atoms with van der Waals surface area (Å²) in [5.74, 6) is 0.228. The van der Waals surface area contributed by atoms with Crippen molar-refractivity contribution in [2.24, 2.45) is 0 Å². The lowest BCUT2D eigenvalue weighted by Crippen LogP contribution is -2.56. The normalized spacial score (nSPS) is 25.6. The van der Waals surface area contributed by atoms with Crippen LogP contribution < -0.4 is 5.32 Å². The number of hydrogen-bond donors (Lipinski definition) is 1. The Kier molecular flexibility index (Phi) is 2.49. The minimum atomic E-state index is 0.0481. The second kappa shape index (κ2) is 3.82. The van der Waals surface area contributed by atoms with E-state index in [-0.39, 0.29) is 17.4 Å². The average molecular weight is 244 g/mol. The van der Waals surface area contributed by atoms with Crippen LogP contribution in [0.4, 0.5) is 0 Å². The molecule has 2 aliphatic rings. The monoisotopic (exact) mass is 244 g/mol. The van der Waals surface area contributed by atoms with Gasteiger partial charge in [0.15, 0.2) is 0 Å². The Labute approximate surface area is 108 Å². The van der Waals surface area contributed by atoms with Crippen molar-refractivity contribution < 1.29 is 4.79 Å². The number of amides is 1. The predicted molar refractivity (Wildman–Crippen MR) is 71.5 cm³/mol. The zero-order chi connectivity index (χ0) is 12.9.